The van der Waals surface area contributed by atoms with E-state index in [4.69, 9.17) is 0 Å². The van der Waals surface area contributed by atoms with Gasteiger partial charge in [-0.3, -0.25) is 14.4 Å². The number of carbonyl (C=O) groups excluding carboxylic acids is 3. The highest BCUT2D eigenvalue weighted by atomic mass is 16.2. The molecule has 0 aromatic carbocycles. The number of hydrogen-bond acceptors (Lipinski definition) is 4. The van der Waals surface area contributed by atoms with Gasteiger partial charge >= 0.3 is 0 Å². The van der Waals surface area contributed by atoms with Gasteiger partial charge in [0.25, 0.3) is 0 Å². The quantitative estimate of drug-likeness (QED) is 0.521. The Hall–Kier alpha value is -1.63. The molecule has 2 aliphatic rings. The minimum Gasteiger partial charge on any atom is -0.341 e. The van der Waals surface area contributed by atoms with Crippen molar-refractivity contribution in [3.8, 4) is 0 Å². The molecule has 0 radical (unpaired) electrons. The van der Waals surface area contributed by atoms with Crippen LogP contribution in [0.1, 0.15) is 87.5 Å². The van der Waals surface area contributed by atoms with Crippen molar-refractivity contribution in [2.75, 3.05) is 32.7 Å². The topological polar surface area (TPSA) is 73.0 Å². The van der Waals surface area contributed by atoms with Gasteiger partial charge in [0, 0.05) is 45.2 Å². The van der Waals surface area contributed by atoms with Crippen LogP contribution in [0, 0.1) is 17.3 Å². The van der Waals surface area contributed by atoms with Crippen LogP contribution >= 0.6 is 0 Å². The number of carbonyl (C=O) groups is 3. The molecule has 2 heterocycles. The maximum atomic E-state index is 13.7. The van der Waals surface area contributed by atoms with Crippen LogP contribution in [-0.2, 0) is 14.4 Å². The maximum absolute atomic E-state index is 13.7. The fraction of sp³-hybridized carbons (Fsp3) is 0.889. The van der Waals surface area contributed by atoms with Gasteiger partial charge in [-0.1, -0.05) is 34.6 Å². The van der Waals surface area contributed by atoms with E-state index in [-0.39, 0.29) is 35.2 Å². The summed E-state index contributed by atoms with van der Waals surface area (Å²) in [6, 6.07) is -0.392. The summed E-state index contributed by atoms with van der Waals surface area (Å²) in [6.07, 6.45) is 3.65. The van der Waals surface area contributed by atoms with E-state index in [0.717, 1.165) is 32.4 Å². The van der Waals surface area contributed by atoms with Crippen LogP contribution < -0.4 is 5.32 Å². The third kappa shape index (κ3) is 7.43. The third-order valence-electron chi connectivity index (χ3n) is 7.53. The second-order valence-corrected chi connectivity index (χ2v) is 11.9. The van der Waals surface area contributed by atoms with E-state index in [1.807, 2.05) is 21.6 Å². The fourth-order valence-electron chi connectivity index (χ4n) is 5.48. The molecular weight excluding hydrogens is 428 g/mol. The molecule has 0 aromatic rings. The van der Waals surface area contributed by atoms with Crippen LogP contribution in [-0.4, -0.2) is 83.3 Å². The Morgan fingerprint density at radius 1 is 1.06 bits per heavy atom. The monoisotopic (exact) mass is 478 g/mol. The van der Waals surface area contributed by atoms with E-state index < -0.39 is 6.04 Å². The Kier molecular flexibility index (Phi) is 10.4. The molecule has 0 unspecified atom stereocenters. The molecule has 7 nitrogen and oxygen atoms in total. The molecule has 2 aliphatic heterocycles. The Morgan fingerprint density at radius 3 is 2.18 bits per heavy atom. The Labute approximate surface area is 208 Å². The number of rotatable bonds is 10. The molecule has 34 heavy (non-hydrogen) atoms. The summed E-state index contributed by atoms with van der Waals surface area (Å²) in [7, 11) is 0. The largest absolute Gasteiger partial charge is 0.341 e. The molecule has 2 atom stereocenters. The van der Waals surface area contributed by atoms with E-state index in [1.165, 1.54) is 0 Å². The van der Waals surface area contributed by atoms with Gasteiger partial charge in [-0.2, -0.15) is 0 Å². The Bertz CT molecular complexity index is 698. The second kappa shape index (κ2) is 12.4. The van der Waals surface area contributed by atoms with E-state index >= 15 is 0 Å². The van der Waals surface area contributed by atoms with Crippen molar-refractivity contribution >= 4 is 17.7 Å². The summed E-state index contributed by atoms with van der Waals surface area (Å²) in [5.74, 6) is 1.10. The first-order valence-corrected chi connectivity index (χ1v) is 13.5. The molecule has 0 spiro atoms. The first-order valence-electron chi connectivity index (χ1n) is 13.5. The average molecular weight is 479 g/mol. The van der Waals surface area contributed by atoms with Crippen molar-refractivity contribution in [2.45, 2.75) is 106 Å². The zero-order valence-electron chi connectivity index (χ0n) is 23.0. The first-order chi connectivity index (χ1) is 15.9. The highest BCUT2D eigenvalue weighted by Gasteiger charge is 2.41. The van der Waals surface area contributed by atoms with Crippen LogP contribution in [0.2, 0.25) is 0 Å². The lowest BCUT2D eigenvalue weighted by Crippen LogP contribution is -2.62. The van der Waals surface area contributed by atoms with E-state index in [9.17, 15) is 14.4 Å². The predicted octanol–water partition coefficient (Wildman–Crippen LogP) is 3.52. The molecule has 2 fully saturated rings. The molecule has 2 saturated heterocycles. The van der Waals surface area contributed by atoms with Crippen molar-refractivity contribution in [1.29, 1.82) is 0 Å². The SMILES string of the molecule is CCN(C(=O)CC1(C)CCN(C(=O)[C@H](CC(C)C)N2CCN[C@@H](CC(C)C)C2=O)CC1)C(C)C. The lowest BCUT2D eigenvalue weighted by molar-refractivity contribution is -0.151. The molecule has 196 valence electrons. The number of hydrogen-bond donors (Lipinski definition) is 1. The van der Waals surface area contributed by atoms with Crippen molar-refractivity contribution in [3.05, 3.63) is 0 Å². The van der Waals surface area contributed by atoms with Crippen molar-refractivity contribution in [3.63, 3.8) is 0 Å². The number of piperazine rings is 1. The van der Waals surface area contributed by atoms with Crippen LogP contribution in [0.15, 0.2) is 0 Å². The van der Waals surface area contributed by atoms with Gasteiger partial charge in [0.05, 0.1) is 6.04 Å². The second-order valence-electron chi connectivity index (χ2n) is 11.9. The zero-order chi connectivity index (χ0) is 25.6. The molecular formula is C27H50N4O3. The predicted molar refractivity (Wildman–Crippen MR) is 137 cm³/mol. The minimum atomic E-state index is -0.397. The zero-order valence-corrected chi connectivity index (χ0v) is 23.0. The smallest absolute Gasteiger partial charge is 0.245 e. The van der Waals surface area contributed by atoms with E-state index in [0.29, 0.717) is 44.3 Å². The molecule has 0 bridgehead atoms. The maximum Gasteiger partial charge on any atom is 0.245 e. The number of amides is 3. The van der Waals surface area contributed by atoms with Gasteiger partial charge in [0.2, 0.25) is 17.7 Å². The summed E-state index contributed by atoms with van der Waals surface area (Å²) < 4.78 is 0. The van der Waals surface area contributed by atoms with Crippen LogP contribution in [0.4, 0.5) is 0 Å². The van der Waals surface area contributed by atoms with Gasteiger partial charge in [-0.15, -0.1) is 0 Å². The Balaban J connectivity index is 2.07. The van der Waals surface area contributed by atoms with Crippen LogP contribution in [0.3, 0.4) is 0 Å². The molecule has 3 amide bonds. The van der Waals surface area contributed by atoms with Gasteiger partial charge in [0.1, 0.15) is 6.04 Å². The Morgan fingerprint density at radius 2 is 1.68 bits per heavy atom. The summed E-state index contributed by atoms with van der Waals surface area (Å²) in [5.41, 5.74) is -0.0864. The highest BCUT2D eigenvalue weighted by Crippen LogP contribution is 2.36. The summed E-state index contributed by atoms with van der Waals surface area (Å²) in [4.78, 5) is 45.6. The van der Waals surface area contributed by atoms with Gasteiger partial charge in [-0.25, -0.2) is 0 Å². The summed E-state index contributed by atoms with van der Waals surface area (Å²) in [5, 5.41) is 3.36. The lowest BCUT2D eigenvalue weighted by atomic mass is 9.77. The first kappa shape index (κ1) is 28.6. The molecule has 2 rings (SSSR count). The van der Waals surface area contributed by atoms with Gasteiger partial charge in [-0.05, 0) is 63.7 Å². The van der Waals surface area contributed by atoms with E-state index in [1.54, 1.807) is 0 Å². The number of nitrogens with zero attached hydrogens (tertiary/aromatic N) is 3. The standard InChI is InChI=1S/C27H50N4O3/c1-9-30(21(6)7)24(32)18-27(8)10-13-29(14-11-27)26(34)23(17-20(4)5)31-15-12-28-22(25(31)33)16-19(2)3/h19-23,28H,9-18H2,1-8H3/t22-,23-/m0/s1. The number of likely N-dealkylation sites (tertiary alicyclic amines) is 1. The van der Waals surface area contributed by atoms with Crippen LogP contribution in [0.25, 0.3) is 0 Å². The van der Waals surface area contributed by atoms with Gasteiger partial charge in [0.15, 0.2) is 0 Å². The molecule has 0 saturated carbocycles. The normalized spacial score (nSPS) is 22.0. The van der Waals surface area contributed by atoms with Crippen LogP contribution in [0.5, 0.6) is 0 Å². The lowest BCUT2D eigenvalue weighted by Gasteiger charge is -2.44. The van der Waals surface area contributed by atoms with Crippen molar-refractivity contribution < 1.29 is 14.4 Å². The molecule has 0 aliphatic carbocycles. The summed E-state index contributed by atoms with van der Waals surface area (Å²) in [6.45, 7) is 20.2. The number of piperidine rings is 1. The van der Waals surface area contributed by atoms with Crippen molar-refractivity contribution in [2.24, 2.45) is 17.3 Å². The minimum absolute atomic E-state index is 0.0692. The van der Waals surface area contributed by atoms with Crippen molar-refractivity contribution in [1.82, 2.24) is 20.0 Å². The third-order valence-corrected chi connectivity index (χ3v) is 7.53. The average Bonchev–Trinajstić information content (AvgIpc) is 2.73. The number of nitrogens with one attached hydrogen (secondary N) is 1. The summed E-state index contributed by atoms with van der Waals surface area (Å²) >= 11 is 0. The van der Waals surface area contributed by atoms with Gasteiger partial charge < -0.3 is 20.0 Å². The fourth-order valence-corrected chi connectivity index (χ4v) is 5.48. The molecule has 1 N–H and O–H groups in total. The molecule has 0 aromatic heterocycles. The van der Waals surface area contributed by atoms with E-state index in [2.05, 4.69) is 53.8 Å². The molecule has 7 heteroatoms. The highest BCUT2D eigenvalue weighted by molar-refractivity contribution is 5.90.